The molecule has 0 heterocycles. The van der Waals surface area contributed by atoms with Gasteiger partial charge in [0.1, 0.15) is 17.4 Å². The zero-order chi connectivity index (χ0) is 12.1. The molecule has 16 heavy (non-hydrogen) atoms. The van der Waals surface area contributed by atoms with Crippen LogP contribution in [0.3, 0.4) is 0 Å². The zero-order valence-corrected chi connectivity index (χ0v) is 9.73. The lowest BCUT2D eigenvalue weighted by molar-refractivity contribution is 0.622. The average Bonchev–Trinajstić information content (AvgIpc) is 2.28. The summed E-state index contributed by atoms with van der Waals surface area (Å²) in [6.45, 7) is 0. The number of rotatable bonds is 2. The van der Waals surface area contributed by atoms with Gasteiger partial charge in [0, 0.05) is 14.1 Å². The molecule has 0 unspecified atom stereocenters. The first-order chi connectivity index (χ1) is 7.60. The summed E-state index contributed by atoms with van der Waals surface area (Å²) < 4.78 is 13.3. The fourth-order valence-electron chi connectivity index (χ4n) is 1.17. The molecule has 0 saturated heterocycles. The van der Waals surface area contributed by atoms with Crippen LogP contribution in [0.4, 0.5) is 10.1 Å². The van der Waals surface area contributed by atoms with Gasteiger partial charge in [0.05, 0.1) is 5.69 Å². The topological polar surface area (TPSA) is 51.1 Å². The van der Waals surface area contributed by atoms with Crippen LogP contribution in [0, 0.1) is 17.1 Å². The SMILES string of the molecule is CNC(=S)NN(C)c1cccc(F)c1C#N. The normalized spacial score (nSPS) is 9.12. The van der Waals surface area contributed by atoms with Crippen molar-refractivity contribution in [3.63, 3.8) is 0 Å². The molecule has 0 aliphatic heterocycles. The molecular weight excluding hydrogens is 227 g/mol. The maximum atomic E-state index is 13.3. The van der Waals surface area contributed by atoms with E-state index >= 15 is 0 Å². The molecule has 0 aliphatic carbocycles. The number of nitriles is 1. The van der Waals surface area contributed by atoms with E-state index in [0.717, 1.165) is 0 Å². The number of hydrogen-bond acceptors (Lipinski definition) is 3. The molecule has 1 aromatic rings. The van der Waals surface area contributed by atoms with E-state index in [1.54, 1.807) is 20.2 Å². The van der Waals surface area contributed by atoms with Crippen LogP contribution < -0.4 is 15.8 Å². The summed E-state index contributed by atoms with van der Waals surface area (Å²) in [5, 5.41) is 13.4. The summed E-state index contributed by atoms with van der Waals surface area (Å²) in [7, 11) is 3.32. The predicted octanol–water partition coefficient (Wildman–Crippen LogP) is 1.14. The maximum absolute atomic E-state index is 13.3. The van der Waals surface area contributed by atoms with Crippen molar-refractivity contribution in [1.82, 2.24) is 10.7 Å². The van der Waals surface area contributed by atoms with Gasteiger partial charge in [0.25, 0.3) is 0 Å². The first-order valence-electron chi connectivity index (χ1n) is 4.51. The molecule has 0 saturated carbocycles. The molecule has 0 aliphatic rings. The Balaban J connectivity index is 3.00. The van der Waals surface area contributed by atoms with Gasteiger partial charge in [-0.05, 0) is 24.4 Å². The Kier molecular flexibility index (Phi) is 4.03. The number of nitrogens with one attached hydrogen (secondary N) is 2. The monoisotopic (exact) mass is 238 g/mol. The van der Waals surface area contributed by atoms with Gasteiger partial charge in [-0.15, -0.1) is 0 Å². The molecule has 0 radical (unpaired) electrons. The molecule has 2 N–H and O–H groups in total. The molecule has 0 fully saturated rings. The van der Waals surface area contributed by atoms with Crippen molar-refractivity contribution in [2.45, 2.75) is 0 Å². The van der Waals surface area contributed by atoms with Gasteiger partial charge in [-0.3, -0.25) is 10.4 Å². The molecular formula is C10H11FN4S. The van der Waals surface area contributed by atoms with E-state index in [1.165, 1.54) is 17.1 Å². The first-order valence-corrected chi connectivity index (χ1v) is 4.91. The fraction of sp³-hybridized carbons (Fsp3) is 0.200. The standard InChI is InChI=1S/C10H11FN4S/c1-13-10(16)14-15(2)9-5-3-4-8(11)7(9)6-12/h3-5H,1-2H3,(H2,13,14,16). The lowest BCUT2D eigenvalue weighted by atomic mass is 10.2. The number of benzene rings is 1. The Morgan fingerprint density at radius 3 is 2.81 bits per heavy atom. The van der Waals surface area contributed by atoms with Crippen molar-refractivity contribution in [3.05, 3.63) is 29.6 Å². The Labute approximate surface area is 98.6 Å². The molecule has 0 amide bonds. The summed E-state index contributed by atoms with van der Waals surface area (Å²) in [5.74, 6) is -0.552. The van der Waals surface area contributed by atoms with E-state index in [-0.39, 0.29) is 5.56 Å². The lowest BCUT2D eigenvalue weighted by Crippen LogP contribution is -2.44. The van der Waals surface area contributed by atoms with E-state index in [1.807, 2.05) is 6.07 Å². The third-order valence-electron chi connectivity index (χ3n) is 1.96. The highest BCUT2D eigenvalue weighted by Crippen LogP contribution is 2.19. The van der Waals surface area contributed by atoms with E-state index in [4.69, 9.17) is 17.5 Å². The minimum Gasteiger partial charge on any atom is -0.364 e. The number of hydrazine groups is 1. The summed E-state index contributed by atoms with van der Waals surface area (Å²) in [6.07, 6.45) is 0. The molecule has 84 valence electrons. The summed E-state index contributed by atoms with van der Waals surface area (Å²) in [4.78, 5) is 0. The zero-order valence-electron chi connectivity index (χ0n) is 8.91. The second-order valence-corrected chi connectivity index (χ2v) is 3.40. The van der Waals surface area contributed by atoms with E-state index < -0.39 is 5.82 Å². The number of thiocarbonyl (C=S) groups is 1. The highest BCUT2D eigenvalue weighted by atomic mass is 32.1. The summed E-state index contributed by atoms with van der Waals surface area (Å²) in [5.41, 5.74) is 3.20. The van der Waals surface area contributed by atoms with Crippen molar-refractivity contribution in [2.24, 2.45) is 0 Å². The van der Waals surface area contributed by atoms with E-state index in [9.17, 15) is 4.39 Å². The van der Waals surface area contributed by atoms with Gasteiger partial charge >= 0.3 is 0 Å². The predicted molar refractivity (Wildman–Crippen MR) is 64.3 cm³/mol. The minimum atomic E-state index is -0.552. The molecule has 1 rings (SSSR count). The van der Waals surface area contributed by atoms with Gasteiger partial charge < -0.3 is 5.32 Å². The van der Waals surface area contributed by atoms with Gasteiger partial charge in [-0.25, -0.2) is 4.39 Å². The molecule has 1 aromatic carbocycles. The number of anilines is 1. The van der Waals surface area contributed by atoms with Crippen LogP contribution in [0.1, 0.15) is 5.56 Å². The van der Waals surface area contributed by atoms with Crippen LogP contribution in [0.15, 0.2) is 18.2 Å². The fourth-order valence-corrected chi connectivity index (χ4v) is 1.31. The first kappa shape index (κ1) is 12.2. The van der Waals surface area contributed by atoms with Crippen LogP contribution in [0.25, 0.3) is 0 Å². The Morgan fingerprint density at radius 1 is 1.56 bits per heavy atom. The van der Waals surface area contributed by atoms with Crippen molar-refractivity contribution >= 4 is 23.0 Å². The average molecular weight is 238 g/mol. The lowest BCUT2D eigenvalue weighted by Gasteiger charge is -2.22. The Hall–Kier alpha value is -1.87. The van der Waals surface area contributed by atoms with Crippen LogP contribution in [-0.2, 0) is 0 Å². The van der Waals surface area contributed by atoms with Crippen molar-refractivity contribution in [2.75, 3.05) is 19.1 Å². The van der Waals surface area contributed by atoms with Crippen LogP contribution in [0.2, 0.25) is 0 Å². The van der Waals surface area contributed by atoms with Crippen molar-refractivity contribution in [3.8, 4) is 6.07 Å². The largest absolute Gasteiger partial charge is 0.364 e. The van der Waals surface area contributed by atoms with E-state index in [2.05, 4.69) is 10.7 Å². The number of hydrogen-bond donors (Lipinski definition) is 2. The van der Waals surface area contributed by atoms with Gasteiger partial charge in [0.2, 0.25) is 0 Å². The van der Waals surface area contributed by atoms with Crippen molar-refractivity contribution < 1.29 is 4.39 Å². The Bertz CT molecular complexity index is 441. The van der Waals surface area contributed by atoms with Crippen LogP contribution in [0.5, 0.6) is 0 Å². The van der Waals surface area contributed by atoms with Gasteiger partial charge in [-0.2, -0.15) is 5.26 Å². The highest BCUT2D eigenvalue weighted by Gasteiger charge is 2.11. The summed E-state index contributed by atoms with van der Waals surface area (Å²) >= 11 is 4.90. The number of halogens is 1. The third-order valence-corrected chi connectivity index (χ3v) is 2.26. The second kappa shape index (κ2) is 5.28. The van der Waals surface area contributed by atoms with Crippen LogP contribution >= 0.6 is 12.2 Å². The molecule has 6 heteroatoms. The Morgan fingerprint density at radius 2 is 2.25 bits per heavy atom. The third kappa shape index (κ3) is 2.58. The number of nitrogens with zero attached hydrogens (tertiary/aromatic N) is 2. The second-order valence-electron chi connectivity index (χ2n) is 3.00. The highest BCUT2D eigenvalue weighted by molar-refractivity contribution is 7.80. The maximum Gasteiger partial charge on any atom is 0.185 e. The molecule has 0 spiro atoms. The van der Waals surface area contributed by atoms with Crippen LogP contribution in [-0.4, -0.2) is 19.2 Å². The molecule has 0 aromatic heterocycles. The smallest absolute Gasteiger partial charge is 0.185 e. The molecule has 0 atom stereocenters. The van der Waals surface area contributed by atoms with Gasteiger partial charge in [0.15, 0.2) is 5.11 Å². The molecule has 0 bridgehead atoms. The quantitative estimate of drug-likeness (QED) is 0.598. The van der Waals surface area contributed by atoms with E-state index in [0.29, 0.717) is 10.8 Å². The van der Waals surface area contributed by atoms with Gasteiger partial charge in [-0.1, -0.05) is 6.07 Å². The minimum absolute atomic E-state index is 0.0172. The summed E-state index contributed by atoms with van der Waals surface area (Å²) in [6, 6.07) is 6.22. The molecule has 4 nitrogen and oxygen atoms in total. The van der Waals surface area contributed by atoms with Crippen molar-refractivity contribution in [1.29, 1.82) is 5.26 Å².